The van der Waals surface area contributed by atoms with Crippen LogP contribution in [0.3, 0.4) is 0 Å². The second-order valence-electron chi connectivity index (χ2n) is 6.89. The number of carbonyl (C=O) groups is 3. The van der Waals surface area contributed by atoms with Gasteiger partial charge in [-0.2, -0.15) is 0 Å². The van der Waals surface area contributed by atoms with Gasteiger partial charge in [-0.05, 0) is 12.5 Å². The fourth-order valence-electron chi connectivity index (χ4n) is 3.30. The summed E-state index contributed by atoms with van der Waals surface area (Å²) in [4.78, 5) is 38.3. The Kier molecular flexibility index (Phi) is 6.32. The molecule has 12 heteroatoms. The molecular weight excluding hydrogens is 458 g/mol. The molecule has 0 aliphatic carbocycles. The molecule has 1 fully saturated rings. The van der Waals surface area contributed by atoms with Gasteiger partial charge in [-0.1, -0.05) is 53.4 Å². The lowest BCUT2D eigenvalue weighted by atomic mass is 10.1. The normalized spacial score (nSPS) is 21.4. The lowest BCUT2D eigenvalue weighted by Crippen LogP contribution is -2.58. The van der Waals surface area contributed by atoms with Gasteiger partial charge in [0.05, 0.1) is 11.8 Å². The molecule has 31 heavy (non-hydrogen) atoms. The molecule has 9 nitrogen and oxygen atoms in total. The molecule has 2 aliphatic rings. The fraction of sp³-hybridized carbons (Fsp3) is 0.316. The summed E-state index contributed by atoms with van der Waals surface area (Å²) in [6, 6.07) is 8.06. The number of nitrogens with one attached hydrogen (secondary N) is 1. The van der Waals surface area contributed by atoms with E-state index in [-0.39, 0.29) is 29.2 Å². The molecule has 2 amide bonds. The van der Waals surface area contributed by atoms with Crippen LogP contribution in [-0.4, -0.2) is 54.5 Å². The van der Waals surface area contributed by atoms with Crippen molar-refractivity contribution < 1.29 is 19.5 Å². The Morgan fingerprint density at radius 3 is 2.71 bits per heavy atom. The number of thioether (sulfide) groups is 2. The number of fused-ring (bicyclic) bond motifs is 1. The first-order valence-electron chi connectivity index (χ1n) is 9.33. The van der Waals surface area contributed by atoms with E-state index in [2.05, 4.69) is 15.5 Å². The monoisotopic (exact) mass is 477 g/mol. The molecule has 3 atom stereocenters. The predicted octanol–water partition coefficient (Wildman–Crippen LogP) is 1.72. The second kappa shape index (κ2) is 8.99. The molecule has 0 saturated carbocycles. The van der Waals surface area contributed by atoms with E-state index in [4.69, 9.17) is 5.73 Å². The minimum absolute atomic E-state index is 0.0766. The summed E-state index contributed by atoms with van der Waals surface area (Å²) in [6.07, 6.45) is 0.231. The summed E-state index contributed by atoms with van der Waals surface area (Å²) in [5, 5.41) is 20.6. The van der Waals surface area contributed by atoms with E-state index < -0.39 is 23.3 Å². The van der Waals surface area contributed by atoms with Crippen LogP contribution >= 0.6 is 34.9 Å². The number of aromatic nitrogens is 2. The van der Waals surface area contributed by atoms with E-state index in [0.717, 1.165) is 5.01 Å². The van der Waals surface area contributed by atoms with Crippen molar-refractivity contribution in [3.63, 3.8) is 0 Å². The van der Waals surface area contributed by atoms with E-state index in [1.54, 1.807) is 24.3 Å². The van der Waals surface area contributed by atoms with E-state index in [1.807, 2.05) is 13.0 Å². The predicted molar refractivity (Wildman–Crippen MR) is 118 cm³/mol. The summed E-state index contributed by atoms with van der Waals surface area (Å²) in [6.45, 7) is 1.83. The topological polar surface area (TPSA) is 139 Å². The van der Waals surface area contributed by atoms with Gasteiger partial charge in [0.15, 0.2) is 4.34 Å². The highest BCUT2D eigenvalue weighted by Crippen LogP contribution is 2.44. The van der Waals surface area contributed by atoms with Crippen LogP contribution in [0, 0.1) is 6.92 Å². The molecule has 3 heterocycles. The van der Waals surface area contributed by atoms with Gasteiger partial charge in [0.25, 0.3) is 0 Å². The smallest absolute Gasteiger partial charge is 0.352 e. The molecule has 0 spiro atoms. The first-order chi connectivity index (χ1) is 14.8. The standard InChI is InChI=1S/C19H19N5O4S3/c1-9-22-23-19(30-9)29-8-11-15(18(27)28)24-12(25)7-13(24)31-17(11)21-16(26)14(20)10-5-3-2-4-6-10/h2-6,13-14,17H,7-8,20H2,1H3,(H,21,26)(H,27,28)/t13-,14?,17?/m1/s1. The van der Waals surface area contributed by atoms with E-state index in [9.17, 15) is 19.5 Å². The maximum atomic E-state index is 12.9. The molecule has 1 aromatic carbocycles. The van der Waals surface area contributed by atoms with Crippen LogP contribution in [0.25, 0.3) is 0 Å². The average molecular weight is 478 g/mol. The number of amides is 2. The maximum Gasteiger partial charge on any atom is 0.352 e. The van der Waals surface area contributed by atoms with Crippen molar-refractivity contribution in [2.75, 3.05) is 5.75 Å². The molecular formula is C19H19N5O4S3. The third-order valence-electron chi connectivity index (χ3n) is 4.84. The van der Waals surface area contributed by atoms with Crippen LogP contribution < -0.4 is 11.1 Å². The number of aliphatic carboxylic acids is 1. The van der Waals surface area contributed by atoms with Gasteiger partial charge in [0, 0.05) is 11.3 Å². The van der Waals surface area contributed by atoms with Crippen molar-refractivity contribution in [2.24, 2.45) is 5.73 Å². The summed E-state index contributed by atoms with van der Waals surface area (Å²) in [5.74, 6) is -1.61. The zero-order valence-electron chi connectivity index (χ0n) is 16.3. The van der Waals surface area contributed by atoms with Gasteiger partial charge in [0.1, 0.15) is 22.1 Å². The van der Waals surface area contributed by atoms with Gasteiger partial charge in [-0.3, -0.25) is 14.5 Å². The highest BCUT2D eigenvalue weighted by molar-refractivity contribution is 8.02. The molecule has 4 rings (SSSR count). The SMILES string of the molecule is Cc1nnc(SCC2=C(C(=O)O)N3C(=O)C[C@H]3SC2NC(=O)C(N)c2ccccc2)s1. The zero-order chi connectivity index (χ0) is 22.1. The third kappa shape index (κ3) is 4.47. The number of nitrogens with two attached hydrogens (primary N) is 1. The van der Waals surface area contributed by atoms with Gasteiger partial charge < -0.3 is 16.2 Å². The Bertz CT molecular complexity index is 1060. The Morgan fingerprint density at radius 2 is 2.10 bits per heavy atom. The number of nitrogens with zero attached hydrogens (tertiary/aromatic N) is 3. The Hall–Kier alpha value is -2.41. The minimum Gasteiger partial charge on any atom is -0.477 e. The molecule has 4 N–H and O–H groups in total. The Labute approximate surface area is 190 Å². The zero-order valence-corrected chi connectivity index (χ0v) is 18.8. The lowest BCUT2D eigenvalue weighted by Gasteiger charge is -2.46. The Balaban J connectivity index is 1.60. The van der Waals surface area contributed by atoms with Gasteiger partial charge >= 0.3 is 5.97 Å². The highest BCUT2D eigenvalue weighted by atomic mass is 32.2. The lowest BCUT2D eigenvalue weighted by molar-refractivity contribution is -0.146. The summed E-state index contributed by atoms with van der Waals surface area (Å²) in [5.41, 5.74) is 7.14. The summed E-state index contributed by atoms with van der Waals surface area (Å²) < 4.78 is 0.683. The minimum atomic E-state index is -1.20. The highest BCUT2D eigenvalue weighted by Gasteiger charge is 2.49. The Morgan fingerprint density at radius 1 is 1.35 bits per heavy atom. The van der Waals surface area contributed by atoms with Crippen LogP contribution in [0.2, 0.25) is 0 Å². The number of hydrogen-bond acceptors (Lipinski definition) is 9. The van der Waals surface area contributed by atoms with Crippen LogP contribution in [-0.2, 0) is 14.4 Å². The number of benzene rings is 1. The molecule has 0 radical (unpaired) electrons. The van der Waals surface area contributed by atoms with Crippen molar-refractivity contribution in [1.29, 1.82) is 0 Å². The van der Waals surface area contributed by atoms with Crippen LogP contribution in [0.4, 0.5) is 0 Å². The van der Waals surface area contributed by atoms with Gasteiger partial charge in [0.2, 0.25) is 11.8 Å². The van der Waals surface area contributed by atoms with E-state index in [0.29, 0.717) is 15.5 Å². The van der Waals surface area contributed by atoms with Crippen molar-refractivity contribution in [3.05, 3.63) is 52.2 Å². The van der Waals surface area contributed by atoms with Crippen molar-refractivity contribution >= 4 is 52.6 Å². The second-order valence-corrected chi connectivity index (χ2v) is 10.6. The number of carbonyl (C=O) groups excluding carboxylic acids is 2. The van der Waals surface area contributed by atoms with Crippen LogP contribution in [0.5, 0.6) is 0 Å². The van der Waals surface area contributed by atoms with Gasteiger partial charge in [-0.25, -0.2) is 4.79 Å². The van der Waals surface area contributed by atoms with E-state index in [1.165, 1.54) is 39.8 Å². The fourth-order valence-corrected chi connectivity index (χ4v) is 6.71. The molecule has 1 aromatic heterocycles. The summed E-state index contributed by atoms with van der Waals surface area (Å²) >= 11 is 4.06. The molecule has 0 bridgehead atoms. The number of β-lactam (4-membered cyclic amide) rings is 1. The van der Waals surface area contributed by atoms with Crippen molar-refractivity contribution in [2.45, 2.75) is 34.5 Å². The van der Waals surface area contributed by atoms with Crippen LogP contribution in [0.1, 0.15) is 23.0 Å². The first kappa shape index (κ1) is 21.8. The summed E-state index contributed by atoms with van der Waals surface area (Å²) in [7, 11) is 0. The first-order valence-corrected chi connectivity index (χ1v) is 12.1. The maximum absolute atomic E-state index is 12.9. The van der Waals surface area contributed by atoms with Crippen molar-refractivity contribution in [1.82, 2.24) is 20.4 Å². The number of carboxylic acid groups (broad SMARTS) is 1. The molecule has 162 valence electrons. The number of aryl methyl sites for hydroxylation is 1. The average Bonchev–Trinajstić information content (AvgIpc) is 3.16. The largest absolute Gasteiger partial charge is 0.477 e. The quantitative estimate of drug-likeness (QED) is 0.402. The van der Waals surface area contributed by atoms with E-state index >= 15 is 0 Å². The third-order valence-corrected chi connectivity index (χ3v) is 8.22. The number of carboxylic acids is 1. The molecule has 2 aliphatic heterocycles. The molecule has 1 saturated heterocycles. The number of hydrogen-bond donors (Lipinski definition) is 3. The molecule has 2 aromatic rings. The molecule has 2 unspecified atom stereocenters. The van der Waals surface area contributed by atoms with Crippen molar-refractivity contribution in [3.8, 4) is 0 Å². The van der Waals surface area contributed by atoms with Gasteiger partial charge in [-0.15, -0.1) is 22.0 Å². The number of rotatable bonds is 7. The van der Waals surface area contributed by atoms with Crippen LogP contribution in [0.15, 0.2) is 45.9 Å².